The van der Waals surface area contributed by atoms with Gasteiger partial charge < -0.3 is 33.8 Å². The SMILES string of the molecule is CC(C)CCCCCCCCCCCCCCCCCCCCC(=O)OC[C@H](COP(=O)(O)OC[C@@H](O)COP(=O)(O)OC[C@@H](COC(=O)CCCCCCCCC(C)C)OC(=O)CCCCCCCCCCCCCCCC(C)C)OC(=O)CCCCCCCCCCCCCCCCC(C)C. The predicted molar refractivity (Wildman–Crippen MR) is 423 cm³/mol. The van der Waals surface area contributed by atoms with Crippen molar-refractivity contribution in [3.8, 4) is 0 Å². The third kappa shape index (κ3) is 78.0. The van der Waals surface area contributed by atoms with E-state index in [1.54, 1.807) is 0 Å². The van der Waals surface area contributed by atoms with Gasteiger partial charge in [-0.2, -0.15) is 0 Å². The molecule has 2 unspecified atom stereocenters. The van der Waals surface area contributed by atoms with Gasteiger partial charge in [-0.3, -0.25) is 37.3 Å². The summed E-state index contributed by atoms with van der Waals surface area (Å²) < 4.78 is 68.8. The molecule has 0 saturated heterocycles. The van der Waals surface area contributed by atoms with E-state index in [-0.39, 0.29) is 25.7 Å². The zero-order valence-corrected chi connectivity index (χ0v) is 69.7. The summed E-state index contributed by atoms with van der Waals surface area (Å²) in [4.78, 5) is 73.1. The van der Waals surface area contributed by atoms with Gasteiger partial charge in [0.05, 0.1) is 26.4 Å². The second-order valence-electron chi connectivity index (χ2n) is 32.1. The highest BCUT2D eigenvalue weighted by Gasteiger charge is 2.30. The third-order valence-corrected chi connectivity index (χ3v) is 21.5. The highest BCUT2D eigenvalue weighted by Crippen LogP contribution is 2.45. The molecule has 17 nitrogen and oxygen atoms in total. The molecule has 0 saturated carbocycles. The number of ether oxygens (including phenoxy) is 4. The fourth-order valence-corrected chi connectivity index (χ4v) is 14.5. The Morgan fingerprint density at radius 3 is 0.602 bits per heavy atom. The molecule has 0 aromatic rings. The number of phosphoric acid groups is 2. The molecule has 0 fully saturated rings. The normalized spacial score (nSPS) is 14.0. The smallest absolute Gasteiger partial charge is 0.462 e. The van der Waals surface area contributed by atoms with Crippen molar-refractivity contribution in [2.24, 2.45) is 23.7 Å². The molecule has 3 N–H and O–H groups in total. The molecular formula is C84H164O17P2. The Morgan fingerprint density at radius 1 is 0.243 bits per heavy atom. The largest absolute Gasteiger partial charge is 0.472 e. The standard InChI is InChI=1S/C84H164O17P2/c1-74(2)60-52-44-36-30-24-18-13-11-9-10-12-14-21-27-33-39-48-56-64-81(86)94-70-79(100-83(88)66-58-50-40-34-28-22-16-15-19-25-31-37-45-53-61-75(3)4)72-98-102(90,91)96-68-78(85)69-97-103(92,93)99-73-80(71-95-82(87)65-57-49-43-42-47-55-63-77(7)8)101-84(89)67-59-51-41-35-29-23-17-20-26-32-38-46-54-62-76(5)6/h74-80,85H,9-73H2,1-8H3,(H,90,91)(H,92,93)/t78-,79-,80-/m1/s1. The molecule has 612 valence electrons. The fourth-order valence-electron chi connectivity index (χ4n) is 13.0. The van der Waals surface area contributed by atoms with Crippen LogP contribution < -0.4 is 0 Å². The second kappa shape index (κ2) is 72.9. The first kappa shape index (κ1) is 101. The number of carbonyl (C=O) groups is 4. The molecule has 0 amide bonds. The van der Waals surface area contributed by atoms with Crippen LogP contribution in [0.2, 0.25) is 0 Å². The van der Waals surface area contributed by atoms with E-state index in [2.05, 4.69) is 55.4 Å². The van der Waals surface area contributed by atoms with Gasteiger partial charge in [0.2, 0.25) is 0 Å². The van der Waals surface area contributed by atoms with E-state index in [0.717, 1.165) is 114 Å². The van der Waals surface area contributed by atoms with Crippen LogP contribution in [0.25, 0.3) is 0 Å². The zero-order chi connectivity index (χ0) is 76.0. The van der Waals surface area contributed by atoms with Crippen molar-refractivity contribution < 1.29 is 80.2 Å². The summed E-state index contributed by atoms with van der Waals surface area (Å²) in [5, 5.41) is 10.7. The van der Waals surface area contributed by atoms with Gasteiger partial charge in [0.15, 0.2) is 12.2 Å². The number of aliphatic hydroxyl groups excluding tert-OH is 1. The van der Waals surface area contributed by atoms with Crippen LogP contribution in [0, 0.1) is 23.7 Å². The van der Waals surface area contributed by atoms with Crippen LogP contribution in [-0.2, 0) is 65.4 Å². The minimum absolute atomic E-state index is 0.106. The molecule has 0 aromatic heterocycles. The lowest BCUT2D eigenvalue weighted by Crippen LogP contribution is -2.30. The number of hydrogen-bond donors (Lipinski definition) is 3. The number of aliphatic hydroxyl groups is 1. The third-order valence-electron chi connectivity index (χ3n) is 19.6. The van der Waals surface area contributed by atoms with E-state index in [1.807, 2.05) is 0 Å². The van der Waals surface area contributed by atoms with Crippen LogP contribution in [0.5, 0.6) is 0 Å². The summed E-state index contributed by atoms with van der Waals surface area (Å²) in [6.07, 6.45) is 61.3. The Hall–Kier alpha value is -1.94. The molecule has 0 aromatic carbocycles. The lowest BCUT2D eigenvalue weighted by atomic mass is 10.0. The summed E-state index contributed by atoms with van der Waals surface area (Å²) in [5.41, 5.74) is 0. The lowest BCUT2D eigenvalue weighted by Gasteiger charge is -2.21. The van der Waals surface area contributed by atoms with E-state index < -0.39 is 97.5 Å². The van der Waals surface area contributed by atoms with Gasteiger partial charge in [0.25, 0.3) is 0 Å². The van der Waals surface area contributed by atoms with E-state index >= 15 is 0 Å². The molecule has 0 aliphatic rings. The topological polar surface area (TPSA) is 237 Å². The van der Waals surface area contributed by atoms with Crippen molar-refractivity contribution in [2.75, 3.05) is 39.6 Å². The van der Waals surface area contributed by atoms with Crippen molar-refractivity contribution >= 4 is 39.5 Å². The van der Waals surface area contributed by atoms with Gasteiger partial charge in [-0.05, 0) is 49.4 Å². The zero-order valence-electron chi connectivity index (χ0n) is 68.0. The number of carbonyl (C=O) groups excluding carboxylic acids is 4. The number of unbranched alkanes of at least 4 members (excludes halogenated alkanes) is 47. The van der Waals surface area contributed by atoms with Crippen LogP contribution in [0.15, 0.2) is 0 Å². The first-order chi connectivity index (χ1) is 49.6. The van der Waals surface area contributed by atoms with Crippen molar-refractivity contribution in [1.29, 1.82) is 0 Å². The number of rotatable bonds is 81. The molecule has 0 bridgehead atoms. The summed E-state index contributed by atoms with van der Waals surface area (Å²) in [6, 6.07) is 0. The molecular weight excluding hydrogens is 1340 g/mol. The highest BCUT2D eigenvalue weighted by atomic mass is 31.2. The number of hydrogen-bond acceptors (Lipinski definition) is 15. The van der Waals surface area contributed by atoms with Crippen LogP contribution in [0.3, 0.4) is 0 Å². The van der Waals surface area contributed by atoms with Gasteiger partial charge >= 0.3 is 39.5 Å². The van der Waals surface area contributed by atoms with Crippen LogP contribution in [0.1, 0.15) is 434 Å². The van der Waals surface area contributed by atoms with Gasteiger partial charge in [0.1, 0.15) is 19.3 Å². The molecule has 19 heteroatoms. The molecule has 0 radical (unpaired) electrons. The second-order valence-corrected chi connectivity index (χ2v) is 35.0. The molecule has 5 atom stereocenters. The minimum atomic E-state index is -4.96. The quantitative estimate of drug-likeness (QED) is 0.0222. The molecule has 103 heavy (non-hydrogen) atoms. The molecule has 0 heterocycles. The Bertz CT molecular complexity index is 2010. The average molecular weight is 1510 g/mol. The fraction of sp³-hybridized carbons (Fsp3) is 0.952. The Balaban J connectivity index is 5.21. The Kier molecular flexibility index (Phi) is 71.5. The van der Waals surface area contributed by atoms with Crippen LogP contribution in [0.4, 0.5) is 0 Å². The van der Waals surface area contributed by atoms with Crippen molar-refractivity contribution in [2.45, 2.75) is 453 Å². The molecule has 0 spiro atoms. The average Bonchev–Trinajstić information content (AvgIpc) is 0.943. The number of phosphoric ester groups is 2. The van der Waals surface area contributed by atoms with Crippen molar-refractivity contribution in [3.63, 3.8) is 0 Å². The Labute approximate surface area is 632 Å². The first-order valence-corrected chi connectivity index (χ1v) is 46.2. The molecule has 0 rings (SSSR count). The van der Waals surface area contributed by atoms with Gasteiger partial charge in [-0.15, -0.1) is 0 Å². The van der Waals surface area contributed by atoms with Crippen molar-refractivity contribution in [1.82, 2.24) is 0 Å². The van der Waals surface area contributed by atoms with E-state index in [1.165, 1.54) is 231 Å². The lowest BCUT2D eigenvalue weighted by molar-refractivity contribution is -0.161. The summed E-state index contributed by atoms with van der Waals surface area (Å²) in [5.74, 6) is 0.972. The summed E-state index contributed by atoms with van der Waals surface area (Å²) >= 11 is 0. The van der Waals surface area contributed by atoms with E-state index in [0.29, 0.717) is 31.6 Å². The summed E-state index contributed by atoms with van der Waals surface area (Å²) in [7, 11) is -9.92. The van der Waals surface area contributed by atoms with E-state index in [9.17, 15) is 43.2 Å². The van der Waals surface area contributed by atoms with Gasteiger partial charge in [0, 0.05) is 25.7 Å². The summed E-state index contributed by atoms with van der Waals surface area (Å²) in [6.45, 7) is 14.3. The maximum absolute atomic E-state index is 13.1. The minimum Gasteiger partial charge on any atom is -0.462 e. The highest BCUT2D eigenvalue weighted by molar-refractivity contribution is 7.47. The maximum Gasteiger partial charge on any atom is 0.472 e. The van der Waals surface area contributed by atoms with E-state index in [4.69, 9.17) is 37.0 Å². The van der Waals surface area contributed by atoms with Crippen LogP contribution >= 0.6 is 15.6 Å². The number of esters is 4. The van der Waals surface area contributed by atoms with Gasteiger partial charge in [-0.25, -0.2) is 9.13 Å². The molecule has 0 aliphatic heterocycles. The first-order valence-electron chi connectivity index (χ1n) is 43.2. The Morgan fingerprint density at radius 2 is 0.408 bits per heavy atom. The van der Waals surface area contributed by atoms with Crippen molar-refractivity contribution in [3.05, 3.63) is 0 Å². The van der Waals surface area contributed by atoms with Crippen LogP contribution in [-0.4, -0.2) is 96.7 Å². The monoisotopic (exact) mass is 1510 g/mol. The molecule has 0 aliphatic carbocycles. The maximum atomic E-state index is 13.1. The van der Waals surface area contributed by atoms with Gasteiger partial charge in [-0.1, -0.05) is 383 Å². The predicted octanol–water partition coefficient (Wildman–Crippen LogP) is 25.2.